The Balaban J connectivity index is 1.79. The highest BCUT2D eigenvalue weighted by Crippen LogP contribution is 2.32. The number of unbranched alkanes of at least 4 members (excludes halogenated alkanes) is 2. The topological polar surface area (TPSA) is 120 Å². The van der Waals surface area contributed by atoms with Crippen LogP contribution in [0.5, 0.6) is 5.75 Å². The van der Waals surface area contributed by atoms with Gasteiger partial charge >= 0.3 is 11.9 Å². The molecule has 0 aliphatic rings. The van der Waals surface area contributed by atoms with E-state index in [2.05, 4.69) is 5.10 Å². The Morgan fingerprint density at radius 2 is 1.79 bits per heavy atom. The van der Waals surface area contributed by atoms with E-state index in [0.717, 1.165) is 12.8 Å². The highest BCUT2D eigenvalue weighted by Gasteiger charge is 2.29. The van der Waals surface area contributed by atoms with Crippen LogP contribution in [0.1, 0.15) is 47.8 Å². The second kappa shape index (κ2) is 14.2. The van der Waals surface area contributed by atoms with Crippen LogP contribution in [0.3, 0.4) is 0 Å². The quantitative estimate of drug-likeness (QED) is 0.0733. The fraction of sp³-hybridized carbons (Fsp3) is 0.226. The number of nitrogens with zero attached hydrogens (tertiary/aromatic N) is 2. The zero-order valence-corrected chi connectivity index (χ0v) is 24.8. The third kappa shape index (κ3) is 7.61. The minimum atomic E-state index is -1.22. The molecule has 0 bridgehead atoms. The van der Waals surface area contributed by atoms with Crippen LogP contribution in [0, 0.1) is 5.82 Å². The standard InChI is InChI=1S/C31H30FN3O5S2/c1-3-4-5-17-39-31(37)28-26(19-27(36)40-24-13-9-21(10-14-24)30(33)41)34-35(23-8-6-7-22(32)18-23)29(28)20-11-15-25(16-12-20)42(2)38/h6-16,18H,3-5,17,19H2,1-2H3,(H2,33,41). The first-order chi connectivity index (χ1) is 20.2. The van der Waals surface area contributed by atoms with Crippen LogP contribution in [-0.2, 0) is 27.1 Å². The van der Waals surface area contributed by atoms with Gasteiger partial charge in [-0.15, -0.1) is 0 Å². The van der Waals surface area contributed by atoms with Crippen LogP contribution in [0.25, 0.3) is 16.9 Å². The summed E-state index contributed by atoms with van der Waals surface area (Å²) in [7, 11) is 0. The lowest BCUT2D eigenvalue weighted by molar-refractivity contribution is -0.133. The number of nitrogens with two attached hydrogens (primary N) is 1. The third-order valence-electron chi connectivity index (χ3n) is 6.34. The number of aromatic nitrogens is 2. The van der Waals surface area contributed by atoms with Gasteiger partial charge in [-0.25, -0.2) is 13.9 Å². The maximum absolute atomic E-state index is 14.3. The summed E-state index contributed by atoms with van der Waals surface area (Å²) in [5.74, 6) is -1.59. The number of benzene rings is 3. The van der Waals surface area contributed by atoms with E-state index in [4.69, 9.17) is 27.4 Å². The molecule has 218 valence electrons. The zero-order valence-electron chi connectivity index (χ0n) is 23.2. The van der Waals surface area contributed by atoms with Crippen LogP contribution in [0.4, 0.5) is 4.39 Å². The van der Waals surface area contributed by atoms with E-state index < -0.39 is 28.9 Å². The lowest BCUT2D eigenvalue weighted by Gasteiger charge is -2.12. The van der Waals surface area contributed by atoms with Gasteiger partial charge in [-0.3, -0.25) is 4.79 Å². The van der Waals surface area contributed by atoms with E-state index in [-0.39, 0.29) is 35.0 Å². The predicted octanol–water partition coefficient (Wildman–Crippen LogP) is 5.55. The second-order valence-electron chi connectivity index (χ2n) is 9.42. The number of hydrogen-bond acceptors (Lipinski definition) is 7. The van der Waals surface area contributed by atoms with Gasteiger partial charge < -0.3 is 19.8 Å². The first-order valence-corrected chi connectivity index (χ1v) is 15.2. The molecule has 0 aliphatic heterocycles. The SMILES string of the molecule is CCCCCOC(=O)c1c(CC(=O)Oc2ccc(C(N)=S)cc2)nn(-c2cccc(F)c2)c1-c1ccc([S+](C)[O-])cc1. The molecule has 1 heterocycles. The van der Waals surface area contributed by atoms with Crippen molar-refractivity contribution in [3.05, 3.63) is 95.4 Å². The molecule has 1 aromatic heterocycles. The number of rotatable bonds is 12. The van der Waals surface area contributed by atoms with Gasteiger partial charge in [0.2, 0.25) is 0 Å². The molecule has 0 aliphatic carbocycles. The number of halogens is 1. The lowest BCUT2D eigenvalue weighted by atomic mass is 10.0. The average Bonchev–Trinajstić information content (AvgIpc) is 3.34. The summed E-state index contributed by atoms with van der Waals surface area (Å²) in [5, 5.41) is 4.59. The molecule has 1 unspecified atom stereocenters. The van der Waals surface area contributed by atoms with Gasteiger partial charge in [0.25, 0.3) is 0 Å². The molecule has 8 nitrogen and oxygen atoms in total. The number of hydrogen-bond donors (Lipinski definition) is 1. The van der Waals surface area contributed by atoms with E-state index >= 15 is 0 Å². The van der Waals surface area contributed by atoms with Crippen LogP contribution in [0.2, 0.25) is 0 Å². The minimum absolute atomic E-state index is 0.0573. The summed E-state index contributed by atoms with van der Waals surface area (Å²) < 4.78 is 38.8. The molecule has 11 heteroatoms. The molecule has 0 saturated carbocycles. The first-order valence-electron chi connectivity index (χ1n) is 13.3. The molecule has 4 rings (SSSR count). The van der Waals surface area contributed by atoms with E-state index in [0.29, 0.717) is 33.8 Å². The van der Waals surface area contributed by atoms with E-state index in [1.807, 2.05) is 6.92 Å². The first kappa shape index (κ1) is 30.9. The van der Waals surface area contributed by atoms with Crippen LogP contribution >= 0.6 is 12.2 Å². The molecular weight excluding hydrogens is 577 g/mol. The summed E-state index contributed by atoms with van der Waals surface area (Å²) >= 11 is 3.74. The fourth-order valence-electron chi connectivity index (χ4n) is 4.25. The predicted molar refractivity (Wildman–Crippen MR) is 163 cm³/mol. The Morgan fingerprint density at radius 3 is 2.40 bits per heavy atom. The largest absolute Gasteiger partial charge is 0.612 e. The van der Waals surface area contributed by atoms with Crippen molar-refractivity contribution in [3.63, 3.8) is 0 Å². The van der Waals surface area contributed by atoms with Crippen molar-refractivity contribution in [2.45, 2.75) is 37.5 Å². The molecule has 0 saturated heterocycles. The van der Waals surface area contributed by atoms with Crippen LogP contribution < -0.4 is 10.5 Å². The van der Waals surface area contributed by atoms with Crippen molar-refractivity contribution >= 4 is 40.3 Å². The van der Waals surface area contributed by atoms with Gasteiger partial charge in [0.1, 0.15) is 28.4 Å². The molecule has 2 N–H and O–H groups in total. The minimum Gasteiger partial charge on any atom is -0.612 e. The van der Waals surface area contributed by atoms with Crippen LogP contribution in [0.15, 0.2) is 77.7 Å². The normalized spacial score (nSPS) is 11.6. The summed E-state index contributed by atoms with van der Waals surface area (Å²) in [6, 6.07) is 18.9. The van der Waals surface area contributed by atoms with Crippen molar-refractivity contribution in [3.8, 4) is 22.7 Å². The molecule has 0 radical (unpaired) electrons. The monoisotopic (exact) mass is 607 g/mol. The molecular formula is C31H30FN3O5S2. The fourth-order valence-corrected chi connectivity index (χ4v) is 4.90. The number of carbonyl (C=O) groups is 2. The van der Waals surface area contributed by atoms with Gasteiger partial charge in [-0.2, -0.15) is 5.10 Å². The van der Waals surface area contributed by atoms with Gasteiger partial charge in [0.15, 0.2) is 4.90 Å². The number of carbonyl (C=O) groups excluding carboxylic acids is 2. The highest BCUT2D eigenvalue weighted by atomic mass is 32.2. The second-order valence-corrected chi connectivity index (χ2v) is 11.2. The third-order valence-corrected chi connectivity index (χ3v) is 7.51. The van der Waals surface area contributed by atoms with Crippen molar-refractivity contribution in [1.29, 1.82) is 0 Å². The van der Waals surface area contributed by atoms with Crippen molar-refractivity contribution in [1.82, 2.24) is 9.78 Å². The molecule has 0 spiro atoms. The van der Waals surface area contributed by atoms with Gasteiger partial charge in [0, 0.05) is 11.1 Å². The van der Waals surface area contributed by atoms with Gasteiger partial charge in [0.05, 0.1) is 30.1 Å². The van der Waals surface area contributed by atoms with E-state index in [1.54, 1.807) is 60.9 Å². The molecule has 0 fully saturated rings. The zero-order chi connectivity index (χ0) is 30.2. The Hall–Kier alpha value is -4.06. The molecule has 0 amide bonds. The Labute approximate surface area is 251 Å². The molecule has 4 aromatic rings. The van der Waals surface area contributed by atoms with Gasteiger partial charge in [-0.1, -0.05) is 38.0 Å². The smallest absolute Gasteiger partial charge is 0.342 e. The van der Waals surface area contributed by atoms with Gasteiger partial charge in [-0.05, 0) is 84.3 Å². The van der Waals surface area contributed by atoms with E-state index in [1.165, 1.54) is 22.9 Å². The summed E-state index contributed by atoms with van der Waals surface area (Å²) in [6.07, 6.45) is 3.69. The number of ether oxygens (including phenoxy) is 2. The number of esters is 2. The lowest BCUT2D eigenvalue weighted by Crippen LogP contribution is -2.16. The summed E-state index contributed by atoms with van der Waals surface area (Å²) in [6.45, 7) is 2.22. The maximum Gasteiger partial charge on any atom is 0.342 e. The van der Waals surface area contributed by atoms with Crippen molar-refractivity contribution < 1.29 is 28.0 Å². The Kier molecular flexibility index (Phi) is 10.5. The van der Waals surface area contributed by atoms with Crippen molar-refractivity contribution in [2.24, 2.45) is 5.73 Å². The number of thiocarbonyl (C=S) groups is 1. The average molecular weight is 608 g/mol. The Bertz CT molecular complexity index is 1570. The van der Waals surface area contributed by atoms with E-state index in [9.17, 15) is 18.5 Å². The molecule has 42 heavy (non-hydrogen) atoms. The molecule has 3 aromatic carbocycles. The highest BCUT2D eigenvalue weighted by molar-refractivity contribution is 7.90. The maximum atomic E-state index is 14.3. The summed E-state index contributed by atoms with van der Waals surface area (Å²) in [5.41, 5.74) is 7.59. The van der Waals surface area contributed by atoms with Crippen molar-refractivity contribution in [2.75, 3.05) is 12.9 Å². The van der Waals surface area contributed by atoms with Crippen LogP contribution in [-0.4, -0.2) is 44.1 Å². The molecule has 1 atom stereocenters. The summed E-state index contributed by atoms with van der Waals surface area (Å²) in [4.78, 5) is 27.4. The Morgan fingerprint density at radius 1 is 1.07 bits per heavy atom.